The Kier molecular flexibility index (Phi) is 6.61. The average molecular weight is 497 g/mol. The SMILES string of the molecule is [B]c1nc(-c2cccc3c2oc2c(-c4c([B])c([B])c([B])c([B])c4[B])c(C#N)ccc23)ccc1C1([B])CCCCC1. The zero-order valence-electron chi connectivity index (χ0n) is 21.9. The van der Waals surface area contributed by atoms with Gasteiger partial charge in [-0.15, -0.1) is 16.4 Å². The second kappa shape index (κ2) is 9.88. The summed E-state index contributed by atoms with van der Waals surface area (Å²) in [7, 11) is 44.4. The summed E-state index contributed by atoms with van der Waals surface area (Å²) in [6.45, 7) is 0. The van der Waals surface area contributed by atoms with Crippen LogP contribution in [0.2, 0.25) is 0 Å². The molecule has 3 nitrogen and oxygen atoms in total. The monoisotopic (exact) mass is 498 g/mol. The number of fused-ring (bicyclic) bond motifs is 3. The molecule has 14 radical (unpaired) electrons. The van der Waals surface area contributed by atoms with Crippen molar-refractivity contribution in [2.75, 3.05) is 0 Å². The predicted molar refractivity (Wildman–Crippen MR) is 170 cm³/mol. The first kappa shape index (κ1) is 26.8. The van der Waals surface area contributed by atoms with Gasteiger partial charge in [-0.3, -0.25) is 4.98 Å². The van der Waals surface area contributed by atoms with Gasteiger partial charge < -0.3 is 4.42 Å². The zero-order valence-corrected chi connectivity index (χ0v) is 21.9. The Morgan fingerprint density at radius 3 is 2.02 bits per heavy atom. The number of nitriles is 1. The van der Waals surface area contributed by atoms with Crippen molar-refractivity contribution >= 4 is 110 Å². The lowest BCUT2D eigenvalue weighted by atomic mass is 9.55. The number of hydrogen-bond donors (Lipinski definition) is 0. The summed E-state index contributed by atoms with van der Waals surface area (Å²) >= 11 is 0. The average Bonchev–Trinajstić information content (AvgIpc) is 3.34. The van der Waals surface area contributed by atoms with Crippen molar-refractivity contribution in [1.29, 1.82) is 5.26 Å². The van der Waals surface area contributed by atoms with Gasteiger partial charge in [0.25, 0.3) is 0 Å². The van der Waals surface area contributed by atoms with Crippen LogP contribution in [-0.2, 0) is 5.31 Å². The molecular formula is C30H17B7N2O. The molecule has 1 fully saturated rings. The lowest BCUT2D eigenvalue weighted by Gasteiger charge is -2.36. The molecule has 0 bridgehead atoms. The molecule has 1 aliphatic carbocycles. The van der Waals surface area contributed by atoms with E-state index in [9.17, 15) is 5.26 Å². The van der Waals surface area contributed by atoms with Gasteiger partial charge >= 0.3 is 0 Å². The fourth-order valence-electron chi connectivity index (χ4n) is 6.02. The summed E-state index contributed by atoms with van der Waals surface area (Å²) < 4.78 is 6.51. The van der Waals surface area contributed by atoms with Gasteiger partial charge in [-0.25, -0.2) is 0 Å². The maximum atomic E-state index is 10.0. The zero-order chi connectivity index (χ0) is 28.3. The highest BCUT2D eigenvalue weighted by molar-refractivity contribution is 6.68. The minimum atomic E-state index is -0.468. The first-order chi connectivity index (χ1) is 19.2. The summed E-state index contributed by atoms with van der Waals surface area (Å²) in [5, 5.41) is 11.1. The highest BCUT2D eigenvalue weighted by Crippen LogP contribution is 2.41. The van der Waals surface area contributed by atoms with Crippen LogP contribution in [0.4, 0.5) is 0 Å². The highest BCUT2D eigenvalue weighted by atomic mass is 16.3. The molecule has 0 atom stereocenters. The molecule has 10 heteroatoms. The molecule has 0 saturated heterocycles. The molecule has 0 unspecified atom stereocenters. The van der Waals surface area contributed by atoms with Gasteiger partial charge in [0, 0.05) is 21.9 Å². The van der Waals surface area contributed by atoms with Gasteiger partial charge in [0.2, 0.25) is 0 Å². The number of benzene rings is 3. The lowest BCUT2D eigenvalue weighted by molar-refractivity contribution is 0.399. The molecule has 6 rings (SSSR count). The molecular weight excluding hydrogens is 480 g/mol. The van der Waals surface area contributed by atoms with E-state index in [1.54, 1.807) is 6.07 Å². The molecule has 0 N–H and O–H groups in total. The minimum absolute atomic E-state index is 0.0924. The Hall–Kier alpha value is -3.45. The van der Waals surface area contributed by atoms with E-state index in [1.807, 2.05) is 36.4 Å². The third-order valence-electron chi connectivity index (χ3n) is 8.22. The van der Waals surface area contributed by atoms with Crippen LogP contribution in [0, 0.1) is 11.3 Å². The van der Waals surface area contributed by atoms with Crippen molar-refractivity contribution in [1.82, 2.24) is 4.98 Å². The van der Waals surface area contributed by atoms with Crippen molar-refractivity contribution < 1.29 is 4.42 Å². The van der Waals surface area contributed by atoms with Crippen LogP contribution < -0.4 is 32.9 Å². The summed E-state index contributed by atoms with van der Waals surface area (Å²) in [6.07, 6.45) is 5.09. The molecule has 174 valence electrons. The van der Waals surface area contributed by atoms with Crippen LogP contribution in [0.25, 0.3) is 44.3 Å². The summed E-state index contributed by atoms with van der Waals surface area (Å²) in [5.74, 6) is 0. The lowest BCUT2D eigenvalue weighted by Crippen LogP contribution is -2.55. The van der Waals surface area contributed by atoms with E-state index in [-0.39, 0.29) is 27.3 Å². The van der Waals surface area contributed by atoms with Crippen LogP contribution >= 0.6 is 0 Å². The fraction of sp³-hybridized carbons (Fsp3) is 0.200. The first-order valence-electron chi connectivity index (χ1n) is 13.1. The molecule has 5 aromatic rings. The van der Waals surface area contributed by atoms with Gasteiger partial charge in [0.1, 0.15) is 58.2 Å². The topological polar surface area (TPSA) is 49.8 Å². The van der Waals surface area contributed by atoms with Crippen molar-refractivity contribution in [2.24, 2.45) is 0 Å². The van der Waals surface area contributed by atoms with Crippen LogP contribution in [0.15, 0.2) is 46.9 Å². The van der Waals surface area contributed by atoms with Crippen LogP contribution in [-0.4, -0.2) is 59.9 Å². The molecule has 2 heterocycles. The summed E-state index contributed by atoms with van der Waals surface area (Å²) in [4.78, 5) is 4.76. The summed E-state index contributed by atoms with van der Waals surface area (Å²) in [6, 6.07) is 15.4. The smallest absolute Gasteiger partial charge is 0.144 e. The molecule has 0 amide bonds. The van der Waals surface area contributed by atoms with E-state index >= 15 is 0 Å². The standard InChI is InChI=1S/C30H17B7N2O/c31-22-21(23(32)25(34)26(35)24(22)33)20-14(13-38)7-8-16-15-5-4-6-17(27(15)40-28(16)20)19-10-9-18(29(36)39-19)30(37)11-2-1-3-12-30/h4-10H,1-3,11-12H2. The fourth-order valence-corrected chi connectivity index (χ4v) is 6.02. The van der Waals surface area contributed by atoms with Crippen molar-refractivity contribution in [3.05, 3.63) is 53.6 Å². The third kappa shape index (κ3) is 4.01. The molecule has 1 saturated carbocycles. The molecule has 0 aliphatic heterocycles. The van der Waals surface area contributed by atoms with Crippen LogP contribution in [0.3, 0.4) is 0 Å². The second-order valence-corrected chi connectivity index (χ2v) is 10.6. The van der Waals surface area contributed by atoms with E-state index in [0.29, 0.717) is 39.1 Å². The largest absolute Gasteiger partial charge is 0.455 e. The number of rotatable bonds is 3. The number of nitrogens with zero attached hydrogens (tertiary/aromatic N) is 2. The van der Waals surface area contributed by atoms with Gasteiger partial charge in [-0.05, 0) is 46.3 Å². The highest BCUT2D eigenvalue weighted by Gasteiger charge is 2.30. The maximum absolute atomic E-state index is 10.0. The maximum Gasteiger partial charge on any atom is 0.144 e. The number of hydrogen-bond acceptors (Lipinski definition) is 3. The van der Waals surface area contributed by atoms with Gasteiger partial charge in [-0.2, -0.15) is 5.26 Å². The van der Waals surface area contributed by atoms with Crippen molar-refractivity contribution in [3.63, 3.8) is 0 Å². The van der Waals surface area contributed by atoms with E-state index in [0.717, 1.165) is 47.6 Å². The predicted octanol–water partition coefficient (Wildman–Crippen LogP) is 0.277. The number of pyridine rings is 1. The van der Waals surface area contributed by atoms with Crippen molar-refractivity contribution in [3.8, 4) is 28.5 Å². The Labute approximate surface area is 243 Å². The summed E-state index contributed by atoms with van der Waals surface area (Å²) in [5.41, 5.74) is 5.17. The minimum Gasteiger partial charge on any atom is -0.455 e. The number of furan rings is 1. The molecule has 3 aromatic carbocycles. The van der Waals surface area contributed by atoms with Gasteiger partial charge in [0.05, 0.1) is 25.2 Å². The molecule has 1 aliphatic rings. The Morgan fingerprint density at radius 2 is 1.38 bits per heavy atom. The van der Waals surface area contributed by atoms with Crippen molar-refractivity contribution in [2.45, 2.75) is 37.4 Å². The molecule has 0 spiro atoms. The van der Waals surface area contributed by atoms with Gasteiger partial charge in [0.15, 0.2) is 0 Å². The van der Waals surface area contributed by atoms with Gasteiger partial charge in [-0.1, -0.05) is 61.2 Å². The third-order valence-corrected chi connectivity index (χ3v) is 8.22. The van der Waals surface area contributed by atoms with E-state index in [4.69, 9.17) is 64.3 Å². The number of para-hydroxylation sites is 1. The van der Waals surface area contributed by atoms with E-state index in [1.165, 1.54) is 6.42 Å². The van der Waals surface area contributed by atoms with Crippen LogP contribution in [0.1, 0.15) is 43.2 Å². The molecule has 40 heavy (non-hydrogen) atoms. The second-order valence-electron chi connectivity index (χ2n) is 10.6. The Balaban J connectivity index is 1.59. The number of aromatic nitrogens is 1. The Bertz CT molecular complexity index is 1850. The first-order valence-corrected chi connectivity index (χ1v) is 13.1. The van der Waals surface area contributed by atoms with E-state index in [2.05, 4.69) is 6.07 Å². The Morgan fingerprint density at radius 1 is 0.725 bits per heavy atom. The normalized spacial score (nSPS) is 14.9. The quantitative estimate of drug-likeness (QED) is 0.337. The van der Waals surface area contributed by atoms with E-state index < -0.39 is 5.31 Å². The van der Waals surface area contributed by atoms with Crippen LogP contribution in [0.5, 0.6) is 0 Å². The molecule has 2 aromatic heterocycles.